The molecule has 0 atom stereocenters. The minimum Gasteiger partial charge on any atom is -0.507 e. The summed E-state index contributed by atoms with van der Waals surface area (Å²) < 4.78 is 86.2. The second kappa shape index (κ2) is 10.3. The number of phenolic OH excluding ortho intramolecular Hbond substituents is 1. The van der Waals surface area contributed by atoms with Crippen molar-refractivity contribution in [3.63, 3.8) is 0 Å². The topological polar surface area (TPSA) is 67.8 Å². The molecule has 5 nitrogen and oxygen atoms in total. The number of amides is 1. The van der Waals surface area contributed by atoms with Gasteiger partial charge in [0, 0.05) is 11.4 Å². The average molecular weight is 520 g/mol. The molecule has 186 valence electrons. The number of anilines is 1. The number of nitrogens with one attached hydrogen (secondary N) is 1. The molecular weight excluding hydrogens is 504 g/mol. The predicted molar refractivity (Wildman–Crippen MR) is 115 cm³/mol. The Kier molecular flexibility index (Phi) is 7.69. The fourth-order valence-electron chi connectivity index (χ4n) is 2.99. The molecule has 0 aliphatic carbocycles. The lowest BCUT2D eigenvalue weighted by Crippen LogP contribution is -2.17. The van der Waals surface area contributed by atoms with Gasteiger partial charge < -0.3 is 19.9 Å². The Morgan fingerprint density at radius 1 is 0.971 bits per heavy atom. The molecule has 0 aromatic heterocycles. The van der Waals surface area contributed by atoms with Crippen LogP contribution in [0.5, 0.6) is 17.2 Å². The molecule has 0 bridgehead atoms. The van der Waals surface area contributed by atoms with Crippen LogP contribution in [0, 0.1) is 0 Å². The molecule has 1 amide bonds. The molecule has 0 aliphatic rings. The summed E-state index contributed by atoms with van der Waals surface area (Å²) in [5.74, 6) is -1.94. The third-order valence-corrected chi connectivity index (χ3v) is 4.77. The highest BCUT2D eigenvalue weighted by molar-refractivity contribution is 6.31. The highest BCUT2D eigenvalue weighted by atomic mass is 35.5. The van der Waals surface area contributed by atoms with Crippen LogP contribution >= 0.6 is 11.6 Å². The molecule has 0 heterocycles. The molecule has 0 fully saturated rings. The van der Waals surface area contributed by atoms with Crippen molar-refractivity contribution in [3.8, 4) is 17.2 Å². The number of aromatic hydroxyl groups is 1. The zero-order chi connectivity index (χ0) is 25.8. The second-order valence-electron chi connectivity index (χ2n) is 7.12. The quantitative estimate of drug-likeness (QED) is 0.336. The number of hydrogen-bond acceptors (Lipinski definition) is 4. The fraction of sp³-hybridized carbons (Fsp3) is 0.174. The van der Waals surface area contributed by atoms with Gasteiger partial charge in [-0.1, -0.05) is 23.7 Å². The largest absolute Gasteiger partial charge is 0.573 e. The van der Waals surface area contributed by atoms with Crippen LogP contribution in [-0.2, 0) is 12.6 Å². The minimum absolute atomic E-state index is 0.0819. The first-order valence-electron chi connectivity index (χ1n) is 9.80. The molecule has 0 spiro atoms. The van der Waals surface area contributed by atoms with E-state index in [9.17, 15) is 36.2 Å². The predicted octanol–water partition coefficient (Wildman–Crippen LogP) is 6.84. The number of rotatable bonds is 7. The Balaban J connectivity index is 1.78. The number of carbonyl (C=O) groups is 1. The maximum Gasteiger partial charge on any atom is 0.573 e. The number of carbonyl (C=O) groups excluding carboxylic acids is 1. The van der Waals surface area contributed by atoms with Crippen LogP contribution in [0.3, 0.4) is 0 Å². The van der Waals surface area contributed by atoms with Gasteiger partial charge in [-0.05, 0) is 54.1 Å². The van der Waals surface area contributed by atoms with Crippen molar-refractivity contribution in [2.24, 2.45) is 0 Å². The van der Waals surface area contributed by atoms with Crippen molar-refractivity contribution < 1.29 is 45.7 Å². The molecule has 3 rings (SSSR count). The highest BCUT2D eigenvalue weighted by Crippen LogP contribution is 2.36. The van der Waals surface area contributed by atoms with E-state index in [0.717, 1.165) is 36.4 Å². The lowest BCUT2D eigenvalue weighted by Gasteiger charge is -2.16. The fourth-order valence-corrected chi connectivity index (χ4v) is 3.16. The minimum atomic E-state index is -4.86. The molecule has 35 heavy (non-hydrogen) atoms. The maximum absolute atomic E-state index is 13.2. The van der Waals surface area contributed by atoms with Crippen molar-refractivity contribution in [2.45, 2.75) is 19.0 Å². The van der Waals surface area contributed by atoms with Crippen LogP contribution in [0.1, 0.15) is 21.5 Å². The van der Waals surface area contributed by atoms with Crippen LogP contribution in [0.4, 0.5) is 32.0 Å². The summed E-state index contributed by atoms with van der Waals surface area (Å²) in [4.78, 5) is 12.6. The number of hydrogen-bond donors (Lipinski definition) is 2. The normalized spacial score (nSPS) is 11.7. The summed E-state index contributed by atoms with van der Waals surface area (Å²) in [6.45, 7) is -0.147. The van der Waals surface area contributed by atoms with Gasteiger partial charge in [-0.3, -0.25) is 4.79 Å². The van der Waals surface area contributed by atoms with Crippen LogP contribution < -0.4 is 14.8 Å². The third-order valence-electron chi connectivity index (χ3n) is 4.54. The van der Waals surface area contributed by atoms with Crippen molar-refractivity contribution >= 4 is 23.2 Å². The zero-order valence-electron chi connectivity index (χ0n) is 17.5. The van der Waals surface area contributed by atoms with E-state index in [-0.39, 0.29) is 35.1 Å². The summed E-state index contributed by atoms with van der Waals surface area (Å²) in [7, 11) is 0. The SMILES string of the molecule is O=C(Nc1cc(C(F)(F)F)ccc1OCCc1cccc(OC(F)(F)F)c1)c1cc(Cl)ccc1O. The number of benzene rings is 3. The first-order valence-corrected chi connectivity index (χ1v) is 10.2. The van der Waals surface area contributed by atoms with Gasteiger partial charge in [-0.25, -0.2) is 0 Å². The van der Waals surface area contributed by atoms with Crippen molar-refractivity contribution in [1.82, 2.24) is 0 Å². The molecule has 12 heteroatoms. The van der Waals surface area contributed by atoms with Crippen LogP contribution in [0.15, 0.2) is 60.7 Å². The Labute approximate surface area is 199 Å². The van der Waals surface area contributed by atoms with Crippen molar-refractivity contribution in [3.05, 3.63) is 82.4 Å². The van der Waals surface area contributed by atoms with Gasteiger partial charge in [0.25, 0.3) is 5.91 Å². The Morgan fingerprint density at radius 3 is 2.40 bits per heavy atom. The Hall–Kier alpha value is -3.60. The van der Waals surface area contributed by atoms with Crippen molar-refractivity contribution in [2.75, 3.05) is 11.9 Å². The highest BCUT2D eigenvalue weighted by Gasteiger charge is 2.32. The lowest BCUT2D eigenvalue weighted by atomic mass is 10.1. The monoisotopic (exact) mass is 519 g/mol. The smallest absolute Gasteiger partial charge is 0.507 e. The average Bonchev–Trinajstić information content (AvgIpc) is 2.74. The van der Waals surface area contributed by atoms with Crippen LogP contribution in [0.25, 0.3) is 0 Å². The Bertz CT molecular complexity index is 1210. The summed E-state index contributed by atoms with van der Waals surface area (Å²) in [6, 6.07) is 11.1. The maximum atomic E-state index is 13.2. The standard InChI is InChI=1S/C23H16ClF6NO4/c24-15-5-6-19(32)17(12-15)21(33)31-18-11-14(22(25,26)27)4-7-20(18)34-9-8-13-2-1-3-16(10-13)35-23(28,29)30/h1-7,10-12,32H,8-9H2,(H,31,33). The zero-order valence-corrected chi connectivity index (χ0v) is 18.3. The number of phenols is 1. The number of ether oxygens (including phenoxy) is 2. The lowest BCUT2D eigenvalue weighted by molar-refractivity contribution is -0.274. The van der Waals surface area contributed by atoms with Crippen molar-refractivity contribution in [1.29, 1.82) is 0 Å². The van der Waals surface area contributed by atoms with Gasteiger partial charge in [0.15, 0.2) is 0 Å². The summed E-state index contributed by atoms with van der Waals surface area (Å²) in [5.41, 5.74) is -1.26. The van der Waals surface area contributed by atoms with Crippen LogP contribution in [0.2, 0.25) is 5.02 Å². The molecule has 0 saturated carbocycles. The van der Waals surface area contributed by atoms with E-state index in [1.165, 1.54) is 18.2 Å². The van der Waals surface area contributed by atoms with Gasteiger partial charge in [-0.15, -0.1) is 13.2 Å². The van der Waals surface area contributed by atoms with E-state index in [2.05, 4.69) is 10.1 Å². The molecule has 3 aromatic carbocycles. The third kappa shape index (κ3) is 7.44. The van der Waals surface area contributed by atoms with E-state index >= 15 is 0 Å². The van der Waals surface area contributed by atoms with E-state index in [4.69, 9.17) is 16.3 Å². The molecule has 0 unspecified atom stereocenters. The molecule has 3 aromatic rings. The van der Waals surface area contributed by atoms with E-state index < -0.39 is 35.5 Å². The van der Waals surface area contributed by atoms with E-state index in [0.29, 0.717) is 11.6 Å². The Morgan fingerprint density at radius 2 is 1.71 bits per heavy atom. The second-order valence-corrected chi connectivity index (χ2v) is 7.55. The molecule has 0 radical (unpaired) electrons. The first kappa shape index (κ1) is 26.0. The molecule has 0 aliphatic heterocycles. The number of halogens is 7. The van der Waals surface area contributed by atoms with E-state index in [1.807, 2.05) is 0 Å². The van der Waals surface area contributed by atoms with E-state index in [1.54, 1.807) is 0 Å². The van der Waals surface area contributed by atoms with Crippen LogP contribution in [-0.4, -0.2) is 24.0 Å². The first-order chi connectivity index (χ1) is 16.3. The molecule has 0 saturated heterocycles. The number of alkyl halides is 6. The van der Waals surface area contributed by atoms with Gasteiger partial charge >= 0.3 is 12.5 Å². The van der Waals surface area contributed by atoms with Gasteiger partial charge in [0.1, 0.15) is 17.2 Å². The summed E-state index contributed by atoms with van der Waals surface area (Å²) in [5, 5.41) is 12.3. The van der Waals surface area contributed by atoms with Gasteiger partial charge in [-0.2, -0.15) is 13.2 Å². The van der Waals surface area contributed by atoms with Gasteiger partial charge in [0.05, 0.1) is 23.4 Å². The summed E-state index contributed by atoms with van der Waals surface area (Å²) in [6.07, 6.45) is -9.49. The summed E-state index contributed by atoms with van der Waals surface area (Å²) >= 11 is 5.82. The molecular formula is C23H16ClF6NO4. The van der Waals surface area contributed by atoms with Gasteiger partial charge in [0.2, 0.25) is 0 Å². The molecule has 2 N–H and O–H groups in total.